The van der Waals surface area contributed by atoms with Crippen LogP contribution in [0.4, 0.5) is 4.39 Å². The summed E-state index contributed by atoms with van der Waals surface area (Å²) in [5, 5.41) is 0.854. The molecule has 2 aromatic carbocycles. The van der Waals surface area contributed by atoms with Crippen molar-refractivity contribution < 1.29 is 12.8 Å². The van der Waals surface area contributed by atoms with Crippen LogP contribution >= 0.6 is 0 Å². The van der Waals surface area contributed by atoms with Gasteiger partial charge in [0.2, 0.25) is 5.95 Å². The van der Waals surface area contributed by atoms with E-state index in [2.05, 4.69) is 9.88 Å². The number of fused-ring (bicyclic) bond motifs is 1. The van der Waals surface area contributed by atoms with Gasteiger partial charge in [-0.3, -0.25) is 4.90 Å². The second kappa shape index (κ2) is 10.2. The first kappa shape index (κ1) is 23.1. The Morgan fingerprint density at radius 2 is 1.64 bits per heavy atom. The number of hydrogen-bond acceptors (Lipinski definition) is 5. The summed E-state index contributed by atoms with van der Waals surface area (Å²) in [5.41, 5.74) is 7.65. The van der Waals surface area contributed by atoms with Gasteiger partial charge in [0.05, 0.1) is 10.4 Å². The van der Waals surface area contributed by atoms with Gasteiger partial charge in [-0.2, -0.15) is 4.39 Å². The molecule has 33 heavy (non-hydrogen) atoms. The van der Waals surface area contributed by atoms with Gasteiger partial charge in [-0.15, -0.1) is 0 Å². The van der Waals surface area contributed by atoms with E-state index in [-0.39, 0.29) is 4.90 Å². The Morgan fingerprint density at radius 3 is 2.39 bits per heavy atom. The van der Waals surface area contributed by atoms with E-state index in [0.717, 1.165) is 23.8 Å². The van der Waals surface area contributed by atoms with Gasteiger partial charge in [-0.1, -0.05) is 42.5 Å². The first-order valence-corrected chi connectivity index (χ1v) is 12.4. The van der Waals surface area contributed by atoms with Crippen LogP contribution in [0.15, 0.2) is 84.0 Å². The van der Waals surface area contributed by atoms with Crippen molar-refractivity contribution in [3.63, 3.8) is 0 Å². The maximum atomic E-state index is 14.2. The highest BCUT2D eigenvalue weighted by Crippen LogP contribution is 2.27. The summed E-state index contributed by atoms with van der Waals surface area (Å²) in [6, 6.07) is 19.3. The van der Waals surface area contributed by atoms with Crippen LogP contribution in [0.25, 0.3) is 10.9 Å². The lowest BCUT2D eigenvalue weighted by Gasteiger charge is -2.22. The van der Waals surface area contributed by atoms with Crippen LogP contribution < -0.4 is 5.73 Å². The van der Waals surface area contributed by atoms with E-state index in [9.17, 15) is 12.8 Å². The van der Waals surface area contributed by atoms with Crippen molar-refractivity contribution in [1.82, 2.24) is 13.9 Å². The normalized spacial score (nSPS) is 12.0. The van der Waals surface area contributed by atoms with Crippen LogP contribution in [0.5, 0.6) is 0 Å². The lowest BCUT2D eigenvalue weighted by molar-refractivity contribution is 0.248. The van der Waals surface area contributed by atoms with Gasteiger partial charge in [0.25, 0.3) is 10.0 Å². The Bertz CT molecular complexity index is 1320. The number of aromatic nitrogens is 2. The number of para-hydroxylation sites is 1. The average Bonchev–Trinajstić information content (AvgIpc) is 3.20. The monoisotopic (exact) mass is 466 g/mol. The van der Waals surface area contributed by atoms with Crippen molar-refractivity contribution in [2.75, 3.05) is 13.1 Å². The molecule has 2 N–H and O–H groups in total. The molecule has 0 aliphatic carbocycles. The topological polar surface area (TPSA) is 81.2 Å². The van der Waals surface area contributed by atoms with Gasteiger partial charge < -0.3 is 5.73 Å². The largest absolute Gasteiger partial charge is 0.330 e. The van der Waals surface area contributed by atoms with Gasteiger partial charge >= 0.3 is 0 Å². The van der Waals surface area contributed by atoms with Gasteiger partial charge in [-0.25, -0.2) is 17.4 Å². The predicted molar refractivity (Wildman–Crippen MR) is 128 cm³/mol. The number of benzene rings is 2. The van der Waals surface area contributed by atoms with Crippen molar-refractivity contribution in [3.05, 3.63) is 96.2 Å². The third kappa shape index (κ3) is 5.13. The molecular weight excluding hydrogens is 439 g/mol. The maximum Gasteiger partial charge on any atom is 0.268 e. The number of hydrogen-bond donors (Lipinski definition) is 1. The van der Waals surface area contributed by atoms with Crippen LogP contribution in [0.1, 0.15) is 24.0 Å². The second-order valence-electron chi connectivity index (χ2n) is 7.95. The molecule has 0 bridgehead atoms. The van der Waals surface area contributed by atoms with E-state index in [1.54, 1.807) is 54.7 Å². The molecule has 4 rings (SSSR count). The molecule has 0 amide bonds. The summed E-state index contributed by atoms with van der Waals surface area (Å²) in [6.45, 7) is 2.13. The molecule has 0 aliphatic heterocycles. The molecule has 0 saturated carbocycles. The lowest BCUT2D eigenvalue weighted by atomic mass is 10.1. The summed E-state index contributed by atoms with van der Waals surface area (Å²) >= 11 is 0. The summed E-state index contributed by atoms with van der Waals surface area (Å²) in [4.78, 5) is 6.10. The molecule has 0 radical (unpaired) electrons. The SMILES string of the molecule is NCCCCN(Cc1cccnc1F)Cc1cn(S(=O)(=O)c2ccccc2)c2ccccc12. The smallest absolute Gasteiger partial charge is 0.268 e. The number of halogens is 1. The minimum absolute atomic E-state index is 0.231. The number of nitrogens with two attached hydrogens (primary N) is 1. The fourth-order valence-corrected chi connectivity index (χ4v) is 5.37. The van der Waals surface area contributed by atoms with Crippen LogP contribution in [0.2, 0.25) is 0 Å². The number of rotatable bonds is 10. The maximum absolute atomic E-state index is 14.2. The fraction of sp³-hybridized carbons (Fsp3) is 0.240. The van der Waals surface area contributed by atoms with Crippen molar-refractivity contribution in [3.8, 4) is 0 Å². The molecule has 6 nitrogen and oxygen atoms in total. The summed E-state index contributed by atoms with van der Waals surface area (Å²) < 4.78 is 42.3. The van der Waals surface area contributed by atoms with Crippen LogP contribution in [-0.2, 0) is 23.1 Å². The van der Waals surface area contributed by atoms with Gasteiger partial charge in [0, 0.05) is 36.4 Å². The van der Waals surface area contributed by atoms with E-state index >= 15 is 0 Å². The first-order chi connectivity index (χ1) is 16.0. The van der Waals surface area contributed by atoms with Gasteiger partial charge in [-0.05, 0) is 55.8 Å². The van der Waals surface area contributed by atoms with Gasteiger partial charge in [0.1, 0.15) is 0 Å². The molecule has 0 fully saturated rings. The zero-order chi connectivity index (χ0) is 23.3. The second-order valence-corrected chi connectivity index (χ2v) is 9.76. The fourth-order valence-electron chi connectivity index (χ4n) is 3.96. The Morgan fingerprint density at radius 1 is 0.909 bits per heavy atom. The molecule has 0 spiro atoms. The lowest BCUT2D eigenvalue weighted by Crippen LogP contribution is -2.25. The number of pyridine rings is 1. The minimum Gasteiger partial charge on any atom is -0.330 e. The van der Waals surface area contributed by atoms with Crippen LogP contribution in [-0.4, -0.2) is 35.4 Å². The highest BCUT2D eigenvalue weighted by atomic mass is 32.2. The van der Waals surface area contributed by atoms with Crippen molar-refractivity contribution >= 4 is 20.9 Å². The molecule has 2 aromatic heterocycles. The molecule has 2 heterocycles. The van der Waals surface area contributed by atoms with Gasteiger partial charge in [0.15, 0.2) is 0 Å². The molecule has 4 aromatic rings. The summed E-state index contributed by atoms with van der Waals surface area (Å²) in [7, 11) is -3.76. The quantitative estimate of drug-likeness (QED) is 0.280. The summed E-state index contributed by atoms with van der Waals surface area (Å²) in [6.07, 6.45) is 4.83. The van der Waals surface area contributed by atoms with E-state index in [4.69, 9.17) is 5.73 Å². The Hall–Kier alpha value is -3.07. The van der Waals surface area contributed by atoms with Crippen molar-refractivity contribution in [2.24, 2.45) is 5.73 Å². The molecule has 0 unspecified atom stereocenters. The highest BCUT2D eigenvalue weighted by Gasteiger charge is 2.22. The number of unbranched alkanes of at least 4 members (excludes halogenated alkanes) is 1. The molecule has 0 atom stereocenters. The van der Waals surface area contributed by atoms with Crippen molar-refractivity contribution in [1.29, 1.82) is 0 Å². The first-order valence-electron chi connectivity index (χ1n) is 10.9. The molecule has 0 aliphatic rings. The zero-order valence-corrected chi connectivity index (χ0v) is 19.1. The van der Waals surface area contributed by atoms with E-state index < -0.39 is 16.0 Å². The third-order valence-corrected chi connectivity index (χ3v) is 7.30. The standard InChI is InChI=1S/C25H27FN4O2S/c26-25-20(9-8-15-28-25)17-29(16-7-6-14-27)18-21-19-30(24-13-5-4-12-23(21)24)33(31,32)22-10-2-1-3-11-22/h1-5,8-13,15,19H,6-7,14,16-18,27H2. The Labute approximate surface area is 193 Å². The Kier molecular flexibility index (Phi) is 7.17. The average molecular weight is 467 g/mol. The third-order valence-electron chi connectivity index (χ3n) is 5.61. The molecule has 172 valence electrons. The van der Waals surface area contributed by atoms with Crippen LogP contribution in [0, 0.1) is 5.95 Å². The van der Waals surface area contributed by atoms with E-state index in [1.165, 1.54) is 10.2 Å². The van der Waals surface area contributed by atoms with Crippen LogP contribution in [0.3, 0.4) is 0 Å². The van der Waals surface area contributed by atoms with Crippen molar-refractivity contribution in [2.45, 2.75) is 30.8 Å². The molecule has 0 saturated heterocycles. The molecular formula is C25H27FN4O2S. The minimum atomic E-state index is -3.76. The Balaban J connectivity index is 1.71. The highest BCUT2D eigenvalue weighted by molar-refractivity contribution is 7.90. The van der Waals surface area contributed by atoms with E-state index in [0.29, 0.717) is 37.3 Å². The zero-order valence-electron chi connectivity index (χ0n) is 18.3. The van der Waals surface area contributed by atoms with E-state index in [1.807, 2.05) is 18.2 Å². The number of nitrogens with zero attached hydrogens (tertiary/aromatic N) is 3. The molecule has 8 heteroatoms. The predicted octanol–water partition coefficient (Wildman–Crippen LogP) is 4.15. The summed E-state index contributed by atoms with van der Waals surface area (Å²) in [5.74, 6) is -0.490.